The number of ether oxygens (including phenoxy) is 1. The quantitative estimate of drug-likeness (QED) is 0.692. The zero-order chi connectivity index (χ0) is 21.4. The molecule has 154 valence electrons. The van der Waals surface area contributed by atoms with Crippen molar-refractivity contribution >= 4 is 23.6 Å². The van der Waals surface area contributed by atoms with Gasteiger partial charge in [-0.15, -0.1) is 0 Å². The summed E-state index contributed by atoms with van der Waals surface area (Å²) in [7, 11) is 0. The highest BCUT2D eigenvalue weighted by atomic mass is 19.1. The van der Waals surface area contributed by atoms with Crippen molar-refractivity contribution in [3.05, 3.63) is 65.5 Å². The van der Waals surface area contributed by atoms with Gasteiger partial charge in [0.05, 0.1) is 5.56 Å². The van der Waals surface area contributed by atoms with Crippen molar-refractivity contribution in [2.75, 3.05) is 11.9 Å². The number of amides is 3. The molecule has 29 heavy (non-hydrogen) atoms. The lowest BCUT2D eigenvalue weighted by atomic mass is 10.1. The monoisotopic (exact) mass is 401 g/mol. The van der Waals surface area contributed by atoms with E-state index in [4.69, 9.17) is 4.74 Å². The Labute approximate surface area is 168 Å². The van der Waals surface area contributed by atoms with E-state index in [1.165, 1.54) is 18.2 Å². The van der Waals surface area contributed by atoms with Crippen LogP contribution >= 0.6 is 0 Å². The first-order valence-corrected chi connectivity index (χ1v) is 9.02. The molecule has 0 aliphatic carbocycles. The van der Waals surface area contributed by atoms with Crippen LogP contribution in [0.15, 0.2) is 48.5 Å². The van der Waals surface area contributed by atoms with Gasteiger partial charge in [-0.1, -0.05) is 24.3 Å². The second-order valence-electron chi connectivity index (χ2n) is 7.27. The minimum Gasteiger partial charge on any atom is -0.444 e. The lowest BCUT2D eigenvalue weighted by Crippen LogP contribution is -2.39. The molecular formula is C21H24FN3O4. The van der Waals surface area contributed by atoms with Crippen molar-refractivity contribution in [3.63, 3.8) is 0 Å². The Morgan fingerprint density at radius 3 is 2.41 bits per heavy atom. The molecule has 0 spiro atoms. The van der Waals surface area contributed by atoms with Gasteiger partial charge < -0.3 is 20.7 Å². The van der Waals surface area contributed by atoms with Crippen LogP contribution in [0.2, 0.25) is 0 Å². The van der Waals surface area contributed by atoms with Crippen LogP contribution in [-0.4, -0.2) is 30.1 Å². The Morgan fingerprint density at radius 1 is 1.00 bits per heavy atom. The van der Waals surface area contributed by atoms with Crippen molar-refractivity contribution in [3.8, 4) is 0 Å². The average Bonchev–Trinajstić information content (AvgIpc) is 2.64. The van der Waals surface area contributed by atoms with Gasteiger partial charge in [0.15, 0.2) is 0 Å². The summed E-state index contributed by atoms with van der Waals surface area (Å²) in [6.07, 6.45) is -0.675. The summed E-state index contributed by atoms with van der Waals surface area (Å²) in [5.41, 5.74) is 0.493. The molecule has 0 saturated carbocycles. The van der Waals surface area contributed by atoms with Crippen LogP contribution in [0.3, 0.4) is 0 Å². The highest BCUT2D eigenvalue weighted by molar-refractivity contribution is 6.04. The van der Waals surface area contributed by atoms with Crippen LogP contribution in [-0.2, 0) is 16.1 Å². The third kappa shape index (κ3) is 7.61. The summed E-state index contributed by atoms with van der Waals surface area (Å²) < 4.78 is 18.8. The molecule has 7 nitrogen and oxygen atoms in total. The van der Waals surface area contributed by atoms with Gasteiger partial charge in [0.25, 0.3) is 5.91 Å². The standard InChI is InChI=1S/C21H24FN3O4/c1-21(2,3)29-20(28)24-13-18(26)23-12-14-7-6-8-15(11-14)25-19(27)16-9-4-5-10-17(16)22/h4-11H,12-13H2,1-3H3,(H,23,26)(H,24,28)(H,25,27). The average molecular weight is 401 g/mol. The first-order valence-electron chi connectivity index (χ1n) is 9.02. The van der Waals surface area contributed by atoms with E-state index in [0.717, 1.165) is 5.56 Å². The molecular weight excluding hydrogens is 377 g/mol. The predicted octanol–water partition coefficient (Wildman–Crippen LogP) is 3.22. The fraction of sp³-hybridized carbons (Fsp3) is 0.286. The maximum atomic E-state index is 13.7. The molecule has 8 heteroatoms. The van der Waals surface area contributed by atoms with Gasteiger partial charge in [0.2, 0.25) is 5.91 Å². The number of halogens is 1. The van der Waals surface area contributed by atoms with Gasteiger partial charge >= 0.3 is 6.09 Å². The number of benzene rings is 2. The predicted molar refractivity (Wildman–Crippen MR) is 107 cm³/mol. The van der Waals surface area contributed by atoms with Crippen LogP contribution in [0.1, 0.15) is 36.7 Å². The highest BCUT2D eigenvalue weighted by Crippen LogP contribution is 2.14. The maximum absolute atomic E-state index is 13.7. The van der Waals surface area contributed by atoms with Gasteiger partial charge in [0.1, 0.15) is 18.0 Å². The van der Waals surface area contributed by atoms with Crippen LogP contribution in [0.25, 0.3) is 0 Å². The molecule has 0 saturated heterocycles. The minimum atomic E-state index is -0.675. The van der Waals surface area contributed by atoms with Gasteiger partial charge in [-0.2, -0.15) is 0 Å². The van der Waals surface area contributed by atoms with E-state index in [2.05, 4.69) is 16.0 Å². The SMILES string of the molecule is CC(C)(C)OC(=O)NCC(=O)NCc1cccc(NC(=O)c2ccccc2F)c1. The fourth-order valence-corrected chi connectivity index (χ4v) is 2.33. The van der Waals surface area contributed by atoms with E-state index in [1.807, 2.05) is 0 Å². The molecule has 2 rings (SSSR count). The Hall–Kier alpha value is -3.42. The molecule has 0 aliphatic heterocycles. The van der Waals surface area contributed by atoms with Gasteiger partial charge in [-0.25, -0.2) is 9.18 Å². The molecule has 2 aromatic rings. The second-order valence-corrected chi connectivity index (χ2v) is 7.27. The number of hydrogen-bond donors (Lipinski definition) is 3. The summed E-state index contributed by atoms with van der Waals surface area (Å²) in [4.78, 5) is 35.6. The highest BCUT2D eigenvalue weighted by Gasteiger charge is 2.16. The number of anilines is 1. The Kier molecular flexibility index (Phi) is 7.30. The lowest BCUT2D eigenvalue weighted by Gasteiger charge is -2.19. The summed E-state index contributed by atoms with van der Waals surface area (Å²) in [6, 6.07) is 12.5. The lowest BCUT2D eigenvalue weighted by molar-refractivity contribution is -0.120. The zero-order valence-electron chi connectivity index (χ0n) is 16.5. The maximum Gasteiger partial charge on any atom is 0.408 e. The van der Waals surface area contributed by atoms with E-state index < -0.39 is 29.3 Å². The van der Waals surface area contributed by atoms with Crippen molar-refractivity contribution in [1.29, 1.82) is 0 Å². The summed E-state index contributed by atoms with van der Waals surface area (Å²) in [5.74, 6) is -1.56. The van der Waals surface area contributed by atoms with Crippen LogP contribution in [0.4, 0.5) is 14.9 Å². The zero-order valence-corrected chi connectivity index (χ0v) is 16.5. The van der Waals surface area contributed by atoms with E-state index in [9.17, 15) is 18.8 Å². The number of alkyl carbamates (subject to hydrolysis) is 1. The number of hydrogen-bond acceptors (Lipinski definition) is 4. The molecule has 0 unspecified atom stereocenters. The molecule has 0 aliphatic rings. The fourth-order valence-electron chi connectivity index (χ4n) is 2.33. The molecule has 0 fully saturated rings. The molecule has 0 radical (unpaired) electrons. The largest absolute Gasteiger partial charge is 0.444 e. The summed E-state index contributed by atoms with van der Waals surface area (Å²) >= 11 is 0. The Morgan fingerprint density at radius 2 is 1.72 bits per heavy atom. The normalized spacial score (nSPS) is 10.8. The third-order valence-electron chi connectivity index (χ3n) is 3.59. The Balaban J connectivity index is 1.85. The molecule has 0 atom stereocenters. The number of carbonyl (C=O) groups excluding carboxylic acids is 3. The summed E-state index contributed by atoms with van der Waals surface area (Å²) in [6.45, 7) is 5.15. The first-order chi connectivity index (χ1) is 13.6. The van der Waals surface area contributed by atoms with Crippen molar-refractivity contribution in [1.82, 2.24) is 10.6 Å². The van der Waals surface area contributed by atoms with Crippen molar-refractivity contribution < 1.29 is 23.5 Å². The number of rotatable bonds is 6. The van der Waals surface area contributed by atoms with Gasteiger partial charge in [-0.05, 0) is 50.6 Å². The third-order valence-corrected chi connectivity index (χ3v) is 3.59. The van der Waals surface area contributed by atoms with Crippen molar-refractivity contribution in [2.45, 2.75) is 32.9 Å². The molecule has 3 amide bonds. The molecule has 0 aromatic heterocycles. The van der Waals surface area contributed by atoms with Crippen LogP contribution < -0.4 is 16.0 Å². The van der Waals surface area contributed by atoms with Crippen LogP contribution in [0.5, 0.6) is 0 Å². The molecule has 2 aromatic carbocycles. The molecule has 3 N–H and O–H groups in total. The van der Waals surface area contributed by atoms with Crippen LogP contribution in [0, 0.1) is 5.82 Å². The van der Waals surface area contributed by atoms with E-state index in [-0.39, 0.29) is 18.7 Å². The number of carbonyl (C=O) groups is 3. The molecule has 0 heterocycles. The van der Waals surface area contributed by atoms with E-state index in [1.54, 1.807) is 51.1 Å². The smallest absolute Gasteiger partial charge is 0.408 e. The molecule has 0 bridgehead atoms. The first kappa shape index (κ1) is 21.9. The Bertz CT molecular complexity index is 893. The topological polar surface area (TPSA) is 96.5 Å². The second kappa shape index (κ2) is 9.68. The van der Waals surface area contributed by atoms with Gasteiger partial charge in [0, 0.05) is 12.2 Å². The summed E-state index contributed by atoms with van der Waals surface area (Å²) in [5, 5.41) is 7.65. The number of nitrogens with one attached hydrogen (secondary N) is 3. The van der Waals surface area contributed by atoms with E-state index in [0.29, 0.717) is 5.69 Å². The minimum absolute atomic E-state index is 0.0561. The van der Waals surface area contributed by atoms with E-state index >= 15 is 0 Å². The van der Waals surface area contributed by atoms with Crippen molar-refractivity contribution in [2.24, 2.45) is 0 Å². The van der Waals surface area contributed by atoms with Gasteiger partial charge in [-0.3, -0.25) is 9.59 Å².